The van der Waals surface area contributed by atoms with Crippen LogP contribution in [0.4, 0.5) is 5.69 Å². The number of fused-ring (bicyclic) bond motifs is 1. The molecule has 2 aromatic carbocycles. The summed E-state index contributed by atoms with van der Waals surface area (Å²) in [5.74, 6) is 0.211. The van der Waals surface area contributed by atoms with E-state index in [-0.39, 0.29) is 11.3 Å². The van der Waals surface area contributed by atoms with Gasteiger partial charge >= 0.3 is 0 Å². The van der Waals surface area contributed by atoms with Crippen molar-refractivity contribution < 1.29 is 19.5 Å². The Bertz CT molecular complexity index is 911. The van der Waals surface area contributed by atoms with E-state index in [0.29, 0.717) is 28.5 Å². The Labute approximate surface area is 157 Å². The van der Waals surface area contributed by atoms with Gasteiger partial charge in [-0.2, -0.15) is 5.06 Å². The summed E-state index contributed by atoms with van der Waals surface area (Å²) in [5.41, 5.74) is 2.66. The molecule has 2 aliphatic rings. The van der Waals surface area contributed by atoms with E-state index in [1.165, 1.54) is 7.11 Å². The van der Waals surface area contributed by atoms with Crippen molar-refractivity contribution in [3.8, 4) is 5.75 Å². The first-order valence-electron chi connectivity index (χ1n) is 9.10. The Morgan fingerprint density at radius 1 is 1.19 bits per heavy atom. The molecule has 1 aliphatic carbocycles. The summed E-state index contributed by atoms with van der Waals surface area (Å²) in [7, 11) is 1.53. The largest absolute Gasteiger partial charge is 0.497 e. The number of nitrogens with one attached hydrogen (secondary N) is 1. The zero-order chi connectivity index (χ0) is 19.0. The molecule has 1 heterocycles. The molecule has 1 atom stereocenters. The van der Waals surface area contributed by atoms with E-state index in [9.17, 15) is 14.8 Å². The highest BCUT2D eigenvalue weighted by Gasteiger charge is 2.44. The summed E-state index contributed by atoms with van der Waals surface area (Å²) >= 11 is 0. The highest BCUT2D eigenvalue weighted by atomic mass is 16.5. The van der Waals surface area contributed by atoms with E-state index >= 15 is 0 Å². The van der Waals surface area contributed by atoms with Crippen LogP contribution in [0.5, 0.6) is 5.75 Å². The normalized spacial score (nSPS) is 20.9. The number of hydroxylamine groups is 1. The number of amides is 2. The summed E-state index contributed by atoms with van der Waals surface area (Å²) in [6, 6.07) is 12.2. The molecule has 2 aromatic rings. The topological polar surface area (TPSA) is 78.9 Å². The maximum atomic E-state index is 12.7. The fourth-order valence-electron chi connectivity index (χ4n) is 4.10. The summed E-state index contributed by atoms with van der Waals surface area (Å²) in [5, 5.41) is 13.9. The van der Waals surface area contributed by atoms with Crippen LogP contribution in [0.15, 0.2) is 42.5 Å². The predicted octanol–water partition coefficient (Wildman–Crippen LogP) is 2.73. The Kier molecular flexibility index (Phi) is 4.36. The van der Waals surface area contributed by atoms with Crippen molar-refractivity contribution in [3.05, 3.63) is 59.2 Å². The molecule has 2 amide bonds. The van der Waals surface area contributed by atoms with E-state index in [0.717, 1.165) is 36.9 Å². The zero-order valence-electron chi connectivity index (χ0n) is 15.2. The standard InChI is InChI=1S/C21H22N2O4/c1-27-18-4-2-3-17(12-18)23(26)19(24)15-5-6-16-13-21(8-7-14(16)11-15)9-10-22-20(21)25/h2-6,11-12,26H,7-10,13H2,1H3,(H,22,25)/t21-/m1/s1. The van der Waals surface area contributed by atoms with Crippen molar-refractivity contribution in [2.45, 2.75) is 25.7 Å². The molecule has 6 nitrogen and oxygen atoms in total. The first-order chi connectivity index (χ1) is 13.0. The van der Waals surface area contributed by atoms with Gasteiger partial charge in [0.15, 0.2) is 0 Å². The fourth-order valence-corrected chi connectivity index (χ4v) is 4.10. The molecule has 2 N–H and O–H groups in total. The predicted molar refractivity (Wildman–Crippen MR) is 100 cm³/mol. The molecule has 0 aromatic heterocycles. The lowest BCUT2D eigenvalue weighted by molar-refractivity contribution is -0.128. The Morgan fingerprint density at radius 3 is 2.78 bits per heavy atom. The molecule has 140 valence electrons. The van der Waals surface area contributed by atoms with E-state index in [4.69, 9.17) is 4.74 Å². The molecule has 0 radical (unpaired) electrons. The van der Waals surface area contributed by atoms with E-state index < -0.39 is 5.91 Å². The Balaban J connectivity index is 1.57. The number of rotatable bonds is 3. The number of ether oxygens (including phenoxy) is 1. The Morgan fingerprint density at radius 2 is 2.04 bits per heavy atom. The number of aryl methyl sites for hydroxylation is 1. The maximum absolute atomic E-state index is 12.7. The van der Waals surface area contributed by atoms with Crippen molar-refractivity contribution in [3.63, 3.8) is 0 Å². The van der Waals surface area contributed by atoms with Crippen LogP contribution in [0.2, 0.25) is 0 Å². The second kappa shape index (κ2) is 6.70. The third-order valence-corrected chi connectivity index (χ3v) is 5.72. The van der Waals surface area contributed by atoms with Crippen LogP contribution in [-0.2, 0) is 17.6 Å². The number of methoxy groups -OCH3 is 1. The lowest BCUT2D eigenvalue weighted by Crippen LogP contribution is -2.36. The van der Waals surface area contributed by atoms with E-state index in [1.54, 1.807) is 30.3 Å². The summed E-state index contributed by atoms with van der Waals surface area (Å²) in [4.78, 5) is 24.9. The molecule has 6 heteroatoms. The van der Waals surface area contributed by atoms with Crippen molar-refractivity contribution in [2.24, 2.45) is 5.41 Å². The van der Waals surface area contributed by atoms with Crippen molar-refractivity contribution in [2.75, 3.05) is 18.7 Å². The first-order valence-corrected chi connectivity index (χ1v) is 9.10. The third-order valence-electron chi connectivity index (χ3n) is 5.72. The highest BCUT2D eigenvalue weighted by Crippen LogP contribution is 2.41. The minimum absolute atomic E-state index is 0.146. The third kappa shape index (κ3) is 3.06. The SMILES string of the molecule is COc1cccc(N(O)C(=O)c2ccc3c(c2)CC[C@@]2(CCNC2=O)C3)c1. The summed E-state index contributed by atoms with van der Waals surface area (Å²) in [6.45, 7) is 0.741. The monoisotopic (exact) mass is 366 g/mol. The van der Waals surface area contributed by atoms with Gasteiger partial charge in [0.2, 0.25) is 5.91 Å². The minimum Gasteiger partial charge on any atom is -0.497 e. The van der Waals surface area contributed by atoms with Crippen LogP contribution in [0, 0.1) is 5.41 Å². The van der Waals surface area contributed by atoms with Gasteiger partial charge in [-0.15, -0.1) is 0 Å². The zero-order valence-corrected chi connectivity index (χ0v) is 15.2. The van der Waals surface area contributed by atoms with Gasteiger partial charge in [-0.1, -0.05) is 12.1 Å². The molecule has 1 aliphatic heterocycles. The highest BCUT2D eigenvalue weighted by molar-refractivity contribution is 6.04. The quantitative estimate of drug-likeness (QED) is 0.647. The van der Waals surface area contributed by atoms with Gasteiger partial charge in [-0.05, 0) is 61.1 Å². The van der Waals surface area contributed by atoms with Crippen LogP contribution >= 0.6 is 0 Å². The smallest absolute Gasteiger partial charge is 0.281 e. The van der Waals surface area contributed by atoms with E-state index in [2.05, 4.69) is 5.32 Å². The lowest BCUT2D eigenvalue weighted by atomic mass is 9.70. The molecule has 1 spiro atoms. The molecule has 27 heavy (non-hydrogen) atoms. The van der Waals surface area contributed by atoms with E-state index in [1.807, 2.05) is 12.1 Å². The molecular weight excluding hydrogens is 344 g/mol. The van der Waals surface area contributed by atoms with Gasteiger partial charge in [-0.25, -0.2) is 0 Å². The summed E-state index contributed by atoms with van der Waals surface area (Å²) in [6.07, 6.45) is 3.13. The number of carbonyl (C=O) groups excluding carboxylic acids is 2. The molecule has 4 rings (SSSR count). The molecule has 0 unspecified atom stereocenters. The first kappa shape index (κ1) is 17.5. The Hall–Kier alpha value is -2.86. The maximum Gasteiger partial charge on any atom is 0.281 e. The molecule has 0 bridgehead atoms. The minimum atomic E-state index is -0.495. The molecule has 1 fully saturated rings. The van der Waals surface area contributed by atoms with Gasteiger partial charge in [0.05, 0.1) is 18.2 Å². The molecular formula is C21H22N2O4. The number of hydrogen-bond acceptors (Lipinski definition) is 4. The number of benzene rings is 2. The van der Waals surface area contributed by atoms with Gasteiger partial charge in [0, 0.05) is 18.2 Å². The van der Waals surface area contributed by atoms with Gasteiger partial charge in [-0.3, -0.25) is 14.8 Å². The van der Waals surface area contributed by atoms with Gasteiger partial charge in [0.1, 0.15) is 5.75 Å². The van der Waals surface area contributed by atoms with Gasteiger partial charge in [0.25, 0.3) is 5.91 Å². The van der Waals surface area contributed by atoms with Crippen molar-refractivity contribution in [1.82, 2.24) is 5.32 Å². The molecule has 1 saturated heterocycles. The van der Waals surface area contributed by atoms with Crippen molar-refractivity contribution >= 4 is 17.5 Å². The number of hydrogen-bond donors (Lipinski definition) is 2. The average molecular weight is 366 g/mol. The number of nitrogens with zero attached hydrogens (tertiary/aromatic N) is 1. The van der Waals surface area contributed by atoms with Crippen LogP contribution in [0.1, 0.15) is 34.3 Å². The second-order valence-corrected chi connectivity index (χ2v) is 7.26. The lowest BCUT2D eigenvalue weighted by Gasteiger charge is -2.32. The fraction of sp³-hybridized carbons (Fsp3) is 0.333. The van der Waals surface area contributed by atoms with Gasteiger partial charge < -0.3 is 10.1 Å². The second-order valence-electron chi connectivity index (χ2n) is 7.26. The van der Waals surface area contributed by atoms with Crippen LogP contribution in [0.25, 0.3) is 0 Å². The number of anilines is 1. The van der Waals surface area contributed by atoms with Crippen molar-refractivity contribution in [1.29, 1.82) is 0 Å². The number of carbonyl (C=O) groups is 2. The molecule has 0 saturated carbocycles. The van der Waals surface area contributed by atoms with Crippen LogP contribution < -0.4 is 15.1 Å². The van der Waals surface area contributed by atoms with Crippen LogP contribution in [-0.4, -0.2) is 30.7 Å². The summed E-state index contributed by atoms with van der Waals surface area (Å²) < 4.78 is 5.14. The average Bonchev–Trinajstić information content (AvgIpc) is 3.06. The van der Waals surface area contributed by atoms with Crippen LogP contribution in [0.3, 0.4) is 0 Å².